The van der Waals surface area contributed by atoms with Crippen LogP contribution in [0.15, 0.2) is 70.0 Å². The molecule has 0 radical (unpaired) electrons. The fourth-order valence-corrected chi connectivity index (χ4v) is 4.49. The Morgan fingerprint density at radius 2 is 1.80 bits per heavy atom. The molecule has 30 heavy (non-hydrogen) atoms. The van der Waals surface area contributed by atoms with Gasteiger partial charge in [-0.15, -0.1) is 0 Å². The summed E-state index contributed by atoms with van der Waals surface area (Å²) in [5.41, 5.74) is 3.28. The van der Waals surface area contributed by atoms with Crippen LogP contribution in [-0.2, 0) is 16.6 Å². The summed E-state index contributed by atoms with van der Waals surface area (Å²) in [4.78, 5) is 17.4. The third-order valence-corrected chi connectivity index (χ3v) is 7.03. The van der Waals surface area contributed by atoms with Crippen molar-refractivity contribution < 1.29 is 13.2 Å². The molecule has 2 aromatic carbocycles. The number of sulfonamides is 1. The molecule has 0 atom stereocenters. The molecule has 3 aromatic rings. The first-order valence-electron chi connectivity index (χ1n) is 9.22. The van der Waals surface area contributed by atoms with Crippen molar-refractivity contribution in [2.45, 2.75) is 18.4 Å². The molecule has 0 aliphatic heterocycles. The Hall–Kier alpha value is -2.55. The molecule has 3 rings (SSSR count). The number of rotatable bonds is 6. The fourth-order valence-electron chi connectivity index (χ4n) is 2.98. The minimum atomic E-state index is -3.60. The van der Waals surface area contributed by atoms with Crippen molar-refractivity contribution in [2.75, 3.05) is 14.1 Å². The maximum Gasteiger partial charge on any atom is 0.253 e. The highest BCUT2D eigenvalue weighted by Crippen LogP contribution is 2.23. The molecule has 0 bridgehead atoms. The van der Waals surface area contributed by atoms with Crippen LogP contribution in [0.25, 0.3) is 11.3 Å². The van der Waals surface area contributed by atoms with Crippen LogP contribution in [0.1, 0.15) is 21.6 Å². The van der Waals surface area contributed by atoms with E-state index in [1.807, 2.05) is 24.3 Å². The van der Waals surface area contributed by atoms with Crippen LogP contribution in [0.5, 0.6) is 0 Å². The normalized spacial score (nSPS) is 11.5. The first kappa shape index (κ1) is 22.1. The predicted molar refractivity (Wildman–Crippen MR) is 121 cm³/mol. The Morgan fingerprint density at radius 3 is 2.47 bits per heavy atom. The molecule has 0 spiro atoms. The fraction of sp³-hybridized carbons (Fsp3) is 0.182. The van der Waals surface area contributed by atoms with Gasteiger partial charge in [-0.3, -0.25) is 9.78 Å². The van der Waals surface area contributed by atoms with Gasteiger partial charge in [0.2, 0.25) is 10.0 Å². The van der Waals surface area contributed by atoms with Crippen molar-refractivity contribution in [1.82, 2.24) is 14.6 Å². The third kappa shape index (κ3) is 4.77. The number of amides is 1. The van der Waals surface area contributed by atoms with Crippen LogP contribution >= 0.6 is 15.9 Å². The molecule has 0 saturated heterocycles. The Kier molecular flexibility index (Phi) is 6.70. The minimum absolute atomic E-state index is 0.0922. The standard InChI is InChI=1S/C22H22BrN3O3S/c1-15-19(11-12-20(25-15)16-8-6-9-18(23)13-16)22(27)24-14-17-7-4-5-10-21(17)30(28,29)26(2)3/h4-13H,14H2,1-3H3,(H,24,27). The number of nitrogens with one attached hydrogen (secondary N) is 1. The summed E-state index contributed by atoms with van der Waals surface area (Å²) >= 11 is 3.45. The lowest BCUT2D eigenvalue weighted by Crippen LogP contribution is -2.27. The molecule has 1 aromatic heterocycles. The zero-order chi connectivity index (χ0) is 21.9. The minimum Gasteiger partial charge on any atom is -0.348 e. The van der Waals surface area contributed by atoms with E-state index in [1.54, 1.807) is 37.3 Å². The van der Waals surface area contributed by atoms with Crippen molar-refractivity contribution in [3.63, 3.8) is 0 Å². The number of carbonyl (C=O) groups excluding carboxylic acids is 1. The van der Waals surface area contributed by atoms with Crippen molar-refractivity contribution in [2.24, 2.45) is 0 Å². The zero-order valence-electron chi connectivity index (χ0n) is 16.9. The molecule has 156 valence electrons. The molecule has 1 heterocycles. The van der Waals surface area contributed by atoms with Crippen LogP contribution in [0.3, 0.4) is 0 Å². The van der Waals surface area contributed by atoms with Gasteiger partial charge in [-0.25, -0.2) is 12.7 Å². The molecule has 0 aliphatic rings. The molecule has 0 aliphatic carbocycles. The van der Waals surface area contributed by atoms with Gasteiger partial charge in [0, 0.05) is 30.7 Å². The molecular formula is C22H22BrN3O3S. The summed E-state index contributed by atoms with van der Waals surface area (Å²) in [6, 6.07) is 18.0. The lowest BCUT2D eigenvalue weighted by molar-refractivity contribution is 0.0949. The SMILES string of the molecule is Cc1nc(-c2cccc(Br)c2)ccc1C(=O)NCc1ccccc1S(=O)(=O)N(C)C. The van der Waals surface area contributed by atoms with Gasteiger partial charge >= 0.3 is 0 Å². The van der Waals surface area contributed by atoms with Crippen molar-refractivity contribution >= 4 is 31.9 Å². The summed E-state index contributed by atoms with van der Waals surface area (Å²) in [6.45, 7) is 1.87. The van der Waals surface area contributed by atoms with E-state index in [4.69, 9.17) is 0 Å². The molecule has 0 saturated carbocycles. The van der Waals surface area contributed by atoms with E-state index >= 15 is 0 Å². The quantitative estimate of drug-likeness (QED) is 0.569. The predicted octanol–water partition coefficient (Wildman–Crippen LogP) is 4.00. The smallest absolute Gasteiger partial charge is 0.253 e. The number of benzene rings is 2. The second-order valence-electron chi connectivity index (χ2n) is 6.92. The van der Waals surface area contributed by atoms with Gasteiger partial charge in [-0.2, -0.15) is 0 Å². The largest absolute Gasteiger partial charge is 0.348 e. The summed E-state index contributed by atoms with van der Waals surface area (Å²) in [7, 11) is -0.645. The van der Waals surface area contributed by atoms with E-state index in [1.165, 1.54) is 20.2 Å². The highest BCUT2D eigenvalue weighted by molar-refractivity contribution is 9.10. The second kappa shape index (κ2) is 9.07. The average Bonchev–Trinajstić information content (AvgIpc) is 2.72. The van der Waals surface area contributed by atoms with Gasteiger partial charge in [0.15, 0.2) is 0 Å². The number of nitrogens with zero attached hydrogens (tertiary/aromatic N) is 2. The van der Waals surface area contributed by atoms with Crippen LogP contribution in [0, 0.1) is 6.92 Å². The van der Waals surface area contributed by atoms with Crippen molar-refractivity contribution in [3.05, 3.63) is 82.0 Å². The number of carbonyl (C=O) groups is 1. The van der Waals surface area contributed by atoms with E-state index in [2.05, 4.69) is 26.2 Å². The van der Waals surface area contributed by atoms with E-state index < -0.39 is 10.0 Å². The summed E-state index contributed by atoms with van der Waals surface area (Å²) < 4.78 is 27.1. The van der Waals surface area contributed by atoms with E-state index in [9.17, 15) is 13.2 Å². The number of hydrogen-bond donors (Lipinski definition) is 1. The van der Waals surface area contributed by atoms with Crippen LogP contribution < -0.4 is 5.32 Å². The van der Waals surface area contributed by atoms with Crippen molar-refractivity contribution in [1.29, 1.82) is 0 Å². The van der Waals surface area contributed by atoms with Gasteiger partial charge in [0.05, 0.1) is 21.8 Å². The highest BCUT2D eigenvalue weighted by atomic mass is 79.9. The maximum absolute atomic E-state index is 12.7. The number of hydrogen-bond acceptors (Lipinski definition) is 4. The summed E-state index contributed by atoms with van der Waals surface area (Å²) in [5, 5.41) is 2.81. The third-order valence-electron chi connectivity index (χ3n) is 4.62. The Bertz CT molecular complexity index is 1190. The average molecular weight is 488 g/mol. The van der Waals surface area contributed by atoms with E-state index in [0.717, 1.165) is 20.0 Å². The monoisotopic (exact) mass is 487 g/mol. The first-order valence-corrected chi connectivity index (χ1v) is 11.5. The van der Waals surface area contributed by atoms with Gasteiger partial charge in [0.25, 0.3) is 5.91 Å². The number of aryl methyl sites for hydroxylation is 1. The summed E-state index contributed by atoms with van der Waals surface area (Å²) in [5.74, 6) is -0.308. The highest BCUT2D eigenvalue weighted by Gasteiger charge is 2.21. The second-order valence-corrected chi connectivity index (χ2v) is 9.95. The first-order chi connectivity index (χ1) is 14.2. The van der Waals surface area contributed by atoms with Crippen LogP contribution in [0.4, 0.5) is 0 Å². The molecule has 1 amide bonds. The molecule has 0 fully saturated rings. The van der Waals surface area contributed by atoms with Gasteiger partial charge < -0.3 is 5.32 Å². The number of halogens is 1. The Balaban J connectivity index is 1.80. The molecular weight excluding hydrogens is 466 g/mol. The zero-order valence-corrected chi connectivity index (χ0v) is 19.3. The Labute approximate surface area is 185 Å². The summed E-state index contributed by atoms with van der Waals surface area (Å²) in [6.07, 6.45) is 0. The van der Waals surface area contributed by atoms with Gasteiger partial charge in [-0.1, -0.05) is 46.3 Å². The number of pyridine rings is 1. The van der Waals surface area contributed by atoms with E-state index in [0.29, 0.717) is 16.8 Å². The topological polar surface area (TPSA) is 79.4 Å². The maximum atomic E-state index is 12.7. The van der Waals surface area contributed by atoms with Crippen LogP contribution in [-0.4, -0.2) is 37.7 Å². The number of aromatic nitrogens is 1. The molecule has 6 nitrogen and oxygen atoms in total. The molecule has 8 heteroatoms. The van der Waals surface area contributed by atoms with Crippen molar-refractivity contribution in [3.8, 4) is 11.3 Å². The van der Waals surface area contributed by atoms with E-state index in [-0.39, 0.29) is 17.3 Å². The van der Waals surface area contributed by atoms with Gasteiger partial charge in [-0.05, 0) is 42.8 Å². The Morgan fingerprint density at radius 1 is 1.07 bits per heavy atom. The lowest BCUT2D eigenvalue weighted by Gasteiger charge is -2.15. The van der Waals surface area contributed by atoms with Crippen LogP contribution in [0.2, 0.25) is 0 Å². The van der Waals surface area contributed by atoms with Gasteiger partial charge in [0.1, 0.15) is 0 Å². The molecule has 0 unspecified atom stereocenters. The molecule has 1 N–H and O–H groups in total. The lowest BCUT2D eigenvalue weighted by atomic mass is 10.1.